The van der Waals surface area contributed by atoms with Crippen molar-refractivity contribution in [3.05, 3.63) is 59.7 Å². The van der Waals surface area contributed by atoms with Gasteiger partial charge in [0.25, 0.3) is 0 Å². The Labute approximate surface area is 181 Å². The predicted octanol–water partition coefficient (Wildman–Crippen LogP) is 3.53. The van der Waals surface area contributed by atoms with Gasteiger partial charge in [-0.05, 0) is 41.5 Å². The Bertz CT molecular complexity index is 913. The quantitative estimate of drug-likeness (QED) is 0.571. The van der Waals surface area contributed by atoms with Crippen LogP contribution in [0.2, 0.25) is 0 Å². The van der Waals surface area contributed by atoms with E-state index >= 15 is 0 Å². The van der Waals surface area contributed by atoms with Gasteiger partial charge in [0.15, 0.2) is 0 Å². The van der Waals surface area contributed by atoms with Crippen LogP contribution in [0.3, 0.4) is 0 Å². The number of rotatable bonds is 9. The minimum atomic E-state index is -1.07. The number of amides is 2. The molecule has 2 amide bonds. The molecule has 7 nitrogen and oxygen atoms in total. The summed E-state index contributed by atoms with van der Waals surface area (Å²) in [7, 11) is 0. The van der Waals surface area contributed by atoms with Gasteiger partial charge in [0.05, 0.1) is 0 Å². The molecule has 0 fully saturated rings. The second-order valence-electron chi connectivity index (χ2n) is 7.98. The van der Waals surface area contributed by atoms with Crippen LogP contribution in [0, 0.1) is 5.92 Å². The fourth-order valence-electron chi connectivity index (χ4n) is 3.85. The fraction of sp³-hybridized carbons (Fsp3) is 0.375. The van der Waals surface area contributed by atoms with Gasteiger partial charge < -0.3 is 20.5 Å². The smallest absolute Gasteiger partial charge is 0.407 e. The summed E-state index contributed by atoms with van der Waals surface area (Å²) in [5.41, 5.74) is 4.67. The zero-order chi connectivity index (χ0) is 22.4. The van der Waals surface area contributed by atoms with E-state index in [0.29, 0.717) is 13.0 Å². The van der Waals surface area contributed by atoms with Crippen molar-refractivity contribution in [3.63, 3.8) is 0 Å². The summed E-state index contributed by atoms with van der Waals surface area (Å²) in [6.45, 7) is 3.93. The Hall–Kier alpha value is -3.35. The highest BCUT2D eigenvalue weighted by Gasteiger charge is 2.29. The third-order valence-corrected chi connectivity index (χ3v) is 5.53. The van der Waals surface area contributed by atoms with Crippen molar-refractivity contribution in [3.8, 4) is 11.1 Å². The number of hydrogen-bond donors (Lipinski definition) is 3. The van der Waals surface area contributed by atoms with Crippen LogP contribution in [0.15, 0.2) is 48.5 Å². The first-order chi connectivity index (χ1) is 14.9. The molecular formula is C24H28N2O5. The molecule has 0 bridgehead atoms. The standard InChI is InChI=1S/C24H28N2O5/c1-15(13-22(27)26-16(2)23(28)29)11-12-25-24(30)31-14-21-19-9-5-3-7-17(19)18-8-4-6-10-20(18)21/h3-10,15-16,21H,11-14H2,1-2H3,(H,25,30)(H,26,27)(H,28,29). The number of benzene rings is 2. The predicted molar refractivity (Wildman–Crippen MR) is 117 cm³/mol. The van der Waals surface area contributed by atoms with E-state index in [0.717, 1.165) is 11.1 Å². The van der Waals surface area contributed by atoms with E-state index in [2.05, 4.69) is 34.9 Å². The van der Waals surface area contributed by atoms with Crippen LogP contribution in [0.25, 0.3) is 11.1 Å². The minimum Gasteiger partial charge on any atom is -0.480 e. The van der Waals surface area contributed by atoms with Gasteiger partial charge in [0.2, 0.25) is 5.91 Å². The summed E-state index contributed by atoms with van der Waals surface area (Å²) >= 11 is 0. The normalized spacial score (nSPS) is 14.1. The molecule has 31 heavy (non-hydrogen) atoms. The maximum Gasteiger partial charge on any atom is 0.407 e. The maximum absolute atomic E-state index is 12.2. The van der Waals surface area contributed by atoms with Crippen molar-refractivity contribution in [2.24, 2.45) is 5.92 Å². The van der Waals surface area contributed by atoms with Crippen LogP contribution in [0.1, 0.15) is 43.7 Å². The fourth-order valence-corrected chi connectivity index (χ4v) is 3.85. The number of carbonyl (C=O) groups excluding carboxylic acids is 2. The molecule has 0 aliphatic heterocycles. The summed E-state index contributed by atoms with van der Waals surface area (Å²) in [6.07, 6.45) is 0.293. The number of carbonyl (C=O) groups is 3. The molecule has 1 aliphatic carbocycles. The van der Waals surface area contributed by atoms with Crippen LogP contribution < -0.4 is 10.6 Å². The second-order valence-corrected chi connectivity index (χ2v) is 7.98. The number of carboxylic acids is 1. The zero-order valence-electron chi connectivity index (χ0n) is 17.8. The summed E-state index contributed by atoms with van der Waals surface area (Å²) < 4.78 is 5.49. The molecule has 2 aromatic carbocycles. The molecule has 0 saturated carbocycles. The second kappa shape index (κ2) is 10.1. The molecule has 2 unspecified atom stereocenters. The maximum atomic E-state index is 12.2. The Kier molecular flexibility index (Phi) is 7.28. The van der Waals surface area contributed by atoms with Gasteiger partial charge in [0.1, 0.15) is 12.6 Å². The Balaban J connectivity index is 1.43. The lowest BCUT2D eigenvalue weighted by molar-refractivity contribution is -0.141. The molecule has 0 spiro atoms. The molecule has 164 valence electrons. The third-order valence-electron chi connectivity index (χ3n) is 5.53. The highest BCUT2D eigenvalue weighted by Crippen LogP contribution is 2.44. The number of carboxylic acid groups (broad SMARTS) is 1. The molecule has 2 aromatic rings. The number of alkyl carbamates (subject to hydrolysis) is 1. The molecule has 0 saturated heterocycles. The summed E-state index contributed by atoms with van der Waals surface area (Å²) in [5, 5.41) is 14.0. The zero-order valence-corrected chi connectivity index (χ0v) is 17.8. The molecule has 1 aliphatic rings. The summed E-state index contributed by atoms with van der Waals surface area (Å²) in [6, 6.07) is 15.4. The first-order valence-electron chi connectivity index (χ1n) is 10.5. The number of fused-ring (bicyclic) bond motifs is 3. The molecule has 0 radical (unpaired) electrons. The molecule has 3 N–H and O–H groups in total. The Morgan fingerprint density at radius 3 is 2.16 bits per heavy atom. The number of aliphatic carboxylic acids is 1. The molecule has 0 heterocycles. The average molecular weight is 424 g/mol. The highest BCUT2D eigenvalue weighted by atomic mass is 16.5. The van der Waals surface area contributed by atoms with E-state index in [1.54, 1.807) is 0 Å². The van der Waals surface area contributed by atoms with E-state index in [9.17, 15) is 14.4 Å². The summed E-state index contributed by atoms with van der Waals surface area (Å²) in [4.78, 5) is 34.8. The van der Waals surface area contributed by atoms with E-state index in [4.69, 9.17) is 9.84 Å². The van der Waals surface area contributed by atoms with E-state index in [1.165, 1.54) is 18.1 Å². The number of hydrogen-bond acceptors (Lipinski definition) is 4. The monoisotopic (exact) mass is 424 g/mol. The van der Waals surface area contributed by atoms with Gasteiger partial charge in [-0.15, -0.1) is 0 Å². The van der Waals surface area contributed by atoms with Gasteiger partial charge in [-0.2, -0.15) is 0 Å². The topological polar surface area (TPSA) is 105 Å². The third kappa shape index (κ3) is 5.63. The van der Waals surface area contributed by atoms with Crippen molar-refractivity contribution in [2.45, 2.75) is 38.6 Å². The lowest BCUT2D eigenvalue weighted by atomic mass is 9.98. The largest absolute Gasteiger partial charge is 0.480 e. The molecule has 3 rings (SSSR count). The first-order valence-corrected chi connectivity index (χ1v) is 10.5. The van der Waals surface area contributed by atoms with Gasteiger partial charge >= 0.3 is 12.1 Å². The molecule has 7 heteroatoms. The van der Waals surface area contributed by atoms with Gasteiger partial charge in [-0.3, -0.25) is 9.59 Å². The SMILES string of the molecule is CC(CCNC(=O)OCC1c2ccccc2-c2ccccc21)CC(=O)NC(C)C(=O)O. The van der Waals surface area contributed by atoms with Crippen LogP contribution >= 0.6 is 0 Å². The van der Waals surface area contributed by atoms with Gasteiger partial charge in [0, 0.05) is 18.9 Å². The lowest BCUT2D eigenvalue weighted by Crippen LogP contribution is -2.39. The van der Waals surface area contributed by atoms with Crippen molar-refractivity contribution >= 4 is 18.0 Å². The van der Waals surface area contributed by atoms with Crippen LogP contribution in [-0.2, 0) is 14.3 Å². The van der Waals surface area contributed by atoms with Crippen LogP contribution in [0.4, 0.5) is 4.79 Å². The lowest BCUT2D eigenvalue weighted by Gasteiger charge is -2.16. The highest BCUT2D eigenvalue weighted by molar-refractivity contribution is 5.83. The van der Waals surface area contributed by atoms with Crippen molar-refractivity contribution in [1.29, 1.82) is 0 Å². The van der Waals surface area contributed by atoms with Crippen molar-refractivity contribution < 1.29 is 24.2 Å². The van der Waals surface area contributed by atoms with Crippen LogP contribution in [0.5, 0.6) is 0 Å². The molecule has 0 aromatic heterocycles. The minimum absolute atomic E-state index is 0.00474. The van der Waals surface area contributed by atoms with E-state index in [1.807, 2.05) is 31.2 Å². The summed E-state index contributed by atoms with van der Waals surface area (Å²) in [5.74, 6) is -1.38. The van der Waals surface area contributed by atoms with Crippen LogP contribution in [-0.4, -0.2) is 42.3 Å². The Morgan fingerprint density at radius 1 is 1.00 bits per heavy atom. The Morgan fingerprint density at radius 2 is 1.58 bits per heavy atom. The van der Waals surface area contributed by atoms with Gasteiger partial charge in [-0.25, -0.2) is 4.79 Å². The van der Waals surface area contributed by atoms with Crippen molar-refractivity contribution in [1.82, 2.24) is 10.6 Å². The number of ether oxygens (including phenoxy) is 1. The average Bonchev–Trinajstić information content (AvgIpc) is 3.06. The molecular weight excluding hydrogens is 396 g/mol. The van der Waals surface area contributed by atoms with Gasteiger partial charge in [-0.1, -0.05) is 55.5 Å². The number of nitrogens with one attached hydrogen (secondary N) is 2. The first kappa shape index (κ1) is 22.3. The van der Waals surface area contributed by atoms with E-state index < -0.39 is 18.1 Å². The van der Waals surface area contributed by atoms with Crippen molar-refractivity contribution in [2.75, 3.05) is 13.2 Å². The van der Waals surface area contributed by atoms with E-state index in [-0.39, 0.29) is 30.8 Å². The molecule has 2 atom stereocenters.